The van der Waals surface area contributed by atoms with Gasteiger partial charge >= 0.3 is 0 Å². The first-order valence-electron chi connectivity index (χ1n) is 9.80. The molecule has 1 aliphatic carbocycles. The van der Waals surface area contributed by atoms with Crippen molar-refractivity contribution in [1.29, 1.82) is 0 Å². The molecule has 2 aliphatic rings. The summed E-state index contributed by atoms with van der Waals surface area (Å²) in [6, 6.07) is 8.68. The molecule has 27 heavy (non-hydrogen) atoms. The molecule has 1 amide bonds. The second-order valence-electron chi connectivity index (χ2n) is 7.68. The van der Waals surface area contributed by atoms with Crippen molar-refractivity contribution in [2.24, 2.45) is 0 Å². The molecule has 1 N–H and O–H groups in total. The number of morpholine rings is 1. The number of carbonyl (C=O) groups excluding carboxylic acids is 1. The van der Waals surface area contributed by atoms with E-state index in [4.69, 9.17) is 9.47 Å². The predicted octanol–water partition coefficient (Wildman–Crippen LogP) is 3.18. The molecule has 0 radical (unpaired) electrons. The van der Waals surface area contributed by atoms with Crippen LogP contribution in [0.4, 0.5) is 0 Å². The third-order valence-electron chi connectivity index (χ3n) is 5.83. The van der Waals surface area contributed by atoms with E-state index in [2.05, 4.69) is 39.9 Å². The van der Waals surface area contributed by atoms with Crippen molar-refractivity contribution in [3.63, 3.8) is 0 Å². The van der Waals surface area contributed by atoms with Gasteiger partial charge in [-0.15, -0.1) is 11.3 Å². The van der Waals surface area contributed by atoms with E-state index >= 15 is 0 Å². The summed E-state index contributed by atoms with van der Waals surface area (Å²) >= 11 is 1.82. The first-order chi connectivity index (χ1) is 13.2. The predicted molar refractivity (Wildman–Crippen MR) is 108 cm³/mol. The van der Waals surface area contributed by atoms with Gasteiger partial charge in [0.1, 0.15) is 12.2 Å². The van der Waals surface area contributed by atoms with Gasteiger partial charge in [-0.1, -0.05) is 31.0 Å². The first kappa shape index (κ1) is 18.9. The van der Waals surface area contributed by atoms with E-state index in [0.29, 0.717) is 0 Å². The quantitative estimate of drug-likeness (QED) is 0.855. The Labute approximate surface area is 164 Å². The minimum absolute atomic E-state index is 0.0478. The summed E-state index contributed by atoms with van der Waals surface area (Å²) in [7, 11) is 1.56. The van der Waals surface area contributed by atoms with Crippen molar-refractivity contribution < 1.29 is 14.3 Å². The van der Waals surface area contributed by atoms with Crippen LogP contribution in [0, 0.1) is 0 Å². The monoisotopic (exact) mass is 388 g/mol. The van der Waals surface area contributed by atoms with Gasteiger partial charge in [-0.3, -0.25) is 9.69 Å². The van der Waals surface area contributed by atoms with Crippen molar-refractivity contribution in [3.05, 3.63) is 35.2 Å². The number of rotatable bonds is 5. The van der Waals surface area contributed by atoms with Crippen LogP contribution >= 0.6 is 11.3 Å². The van der Waals surface area contributed by atoms with Crippen LogP contribution in [-0.2, 0) is 20.8 Å². The van der Waals surface area contributed by atoms with Crippen molar-refractivity contribution in [2.45, 2.75) is 43.9 Å². The standard InChI is InChI=1S/C21H28N2O3S/c1-25-13-20(24)22-19-8-4-5-9-21(19)15-23(10-11-26-21)12-16-14-27-18-7-3-2-6-17(16)18/h2-3,6-7,14,19H,4-5,8-13,15H2,1H3,(H,22,24). The molecule has 2 heterocycles. The summed E-state index contributed by atoms with van der Waals surface area (Å²) < 4.78 is 12.7. The smallest absolute Gasteiger partial charge is 0.246 e. The number of hydrogen-bond donors (Lipinski definition) is 1. The van der Waals surface area contributed by atoms with Crippen molar-refractivity contribution >= 4 is 27.3 Å². The number of benzene rings is 1. The summed E-state index contributed by atoms with van der Waals surface area (Å²) in [4.78, 5) is 14.6. The van der Waals surface area contributed by atoms with E-state index in [1.807, 2.05) is 11.3 Å². The average molecular weight is 389 g/mol. The molecule has 1 aromatic heterocycles. The maximum Gasteiger partial charge on any atom is 0.246 e. The van der Waals surface area contributed by atoms with E-state index in [1.165, 1.54) is 15.6 Å². The zero-order valence-corrected chi connectivity index (χ0v) is 16.7. The number of thiophene rings is 1. The Hall–Kier alpha value is -1.47. The Morgan fingerprint density at radius 3 is 3.19 bits per heavy atom. The summed E-state index contributed by atoms with van der Waals surface area (Å²) in [5, 5.41) is 6.82. The molecule has 2 unspecified atom stereocenters. The molecule has 1 aliphatic heterocycles. The average Bonchev–Trinajstić information content (AvgIpc) is 3.07. The summed E-state index contributed by atoms with van der Waals surface area (Å²) in [5.41, 5.74) is 1.12. The lowest BCUT2D eigenvalue weighted by molar-refractivity contribution is -0.152. The first-order valence-corrected chi connectivity index (χ1v) is 10.7. The fourth-order valence-electron chi connectivity index (χ4n) is 4.56. The van der Waals surface area contributed by atoms with E-state index in [1.54, 1.807) is 7.11 Å². The van der Waals surface area contributed by atoms with Crippen molar-refractivity contribution in [3.8, 4) is 0 Å². The molecule has 1 aromatic carbocycles. The fourth-order valence-corrected chi connectivity index (χ4v) is 5.51. The molecular formula is C21H28N2O3S. The van der Waals surface area contributed by atoms with Gasteiger partial charge in [0, 0.05) is 31.4 Å². The summed E-state index contributed by atoms with van der Waals surface area (Å²) in [6.45, 7) is 3.57. The van der Waals surface area contributed by atoms with Crippen molar-refractivity contribution in [1.82, 2.24) is 10.2 Å². The number of nitrogens with zero attached hydrogens (tertiary/aromatic N) is 1. The van der Waals surface area contributed by atoms with Crippen LogP contribution in [0.2, 0.25) is 0 Å². The van der Waals surface area contributed by atoms with Gasteiger partial charge in [0.15, 0.2) is 0 Å². The number of ether oxygens (including phenoxy) is 2. The molecule has 146 valence electrons. The maximum absolute atomic E-state index is 12.1. The zero-order valence-electron chi connectivity index (χ0n) is 15.9. The zero-order chi connectivity index (χ0) is 18.7. The Morgan fingerprint density at radius 2 is 2.30 bits per heavy atom. The van der Waals surface area contributed by atoms with Crippen LogP contribution in [0.5, 0.6) is 0 Å². The number of nitrogens with one attached hydrogen (secondary N) is 1. The molecule has 4 rings (SSSR count). The summed E-state index contributed by atoms with van der Waals surface area (Å²) in [5.74, 6) is -0.0478. The Kier molecular flexibility index (Phi) is 5.78. The molecule has 1 spiro atoms. The number of methoxy groups -OCH3 is 1. The Bertz CT molecular complexity index is 789. The Balaban J connectivity index is 1.49. The van der Waals surface area contributed by atoms with Crippen LogP contribution < -0.4 is 5.32 Å². The third kappa shape index (κ3) is 4.04. The highest BCUT2D eigenvalue weighted by molar-refractivity contribution is 7.17. The number of fused-ring (bicyclic) bond motifs is 1. The number of amides is 1. The van der Waals surface area contributed by atoms with Crippen LogP contribution in [-0.4, -0.2) is 55.9 Å². The molecule has 2 aromatic rings. The van der Waals surface area contributed by atoms with Gasteiger partial charge in [0.2, 0.25) is 5.91 Å². The molecule has 6 heteroatoms. The molecule has 2 atom stereocenters. The maximum atomic E-state index is 12.1. The summed E-state index contributed by atoms with van der Waals surface area (Å²) in [6.07, 6.45) is 4.28. The lowest BCUT2D eigenvalue weighted by Crippen LogP contribution is -2.64. The molecule has 2 fully saturated rings. The van der Waals surface area contributed by atoms with Gasteiger partial charge in [-0.25, -0.2) is 0 Å². The molecular weight excluding hydrogens is 360 g/mol. The molecule has 0 bridgehead atoms. The molecule has 5 nitrogen and oxygen atoms in total. The highest BCUT2D eigenvalue weighted by Crippen LogP contribution is 2.36. The highest BCUT2D eigenvalue weighted by atomic mass is 32.1. The van der Waals surface area contributed by atoms with Gasteiger partial charge < -0.3 is 14.8 Å². The van der Waals surface area contributed by atoms with E-state index in [-0.39, 0.29) is 24.2 Å². The topological polar surface area (TPSA) is 50.8 Å². The normalized spacial score (nSPS) is 26.5. The highest BCUT2D eigenvalue weighted by Gasteiger charge is 2.45. The number of carbonyl (C=O) groups is 1. The fraction of sp³-hybridized carbons (Fsp3) is 0.571. The van der Waals surface area contributed by atoms with E-state index in [9.17, 15) is 4.79 Å². The van der Waals surface area contributed by atoms with Gasteiger partial charge in [-0.2, -0.15) is 0 Å². The molecule has 1 saturated heterocycles. The van der Waals surface area contributed by atoms with Gasteiger partial charge in [0.05, 0.1) is 12.6 Å². The second-order valence-corrected chi connectivity index (χ2v) is 8.59. The minimum Gasteiger partial charge on any atom is -0.375 e. The Morgan fingerprint density at radius 1 is 1.41 bits per heavy atom. The minimum atomic E-state index is -0.272. The largest absolute Gasteiger partial charge is 0.375 e. The van der Waals surface area contributed by atoms with Gasteiger partial charge in [-0.05, 0) is 35.2 Å². The van der Waals surface area contributed by atoms with Crippen LogP contribution in [0.25, 0.3) is 10.1 Å². The van der Waals surface area contributed by atoms with E-state index < -0.39 is 0 Å². The lowest BCUT2D eigenvalue weighted by Gasteiger charge is -2.49. The van der Waals surface area contributed by atoms with Crippen LogP contribution in [0.3, 0.4) is 0 Å². The third-order valence-corrected chi connectivity index (χ3v) is 6.84. The number of hydrogen-bond acceptors (Lipinski definition) is 5. The van der Waals surface area contributed by atoms with Crippen LogP contribution in [0.1, 0.15) is 31.2 Å². The SMILES string of the molecule is COCC(=O)NC1CCCCC12CN(Cc1csc3ccccc13)CCO2. The second kappa shape index (κ2) is 8.27. The van der Waals surface area contributed by atoms with Crippen LogP contribution in [0.15, 0.2) is 29.6 Å². The molecule has 1 saturated carbocycles. The van der Waals surface area contributed by atoms with Gasteiger partial charge in [0.25, 0.3) is 0 Å². The lowest BCUT2D eigenvalue weighted by atomic mass is 9.78. The van der Waals surface area contributed by atoms with Crippen molar-refractivity contribution in [2.75, 3.05) is 33.4 Å². The van der Waals surface area contributed by atoms with E-state index in [0.717, 1.165) is 51.9 Å².